The van der Waals surface area contributed by atoms with Gasteiger partial charge in [-0.05, 0) is 24.1 Å². The number of rotatable bonds is 7. The fourth-order valence-corrected chi connectivity index (χ4v) is 2.62. The van der Waals surface area contributed by atoms with Gasteiger partial charge in [-0.2, -0.15) is 0 Å². The normalized spacial score (nSPS) is 10.2. The summed E-state index contributed by atoms with van der Waals surface area (Å²) < 4.78 is 4.83. The smallest absolute Gasteiger partial charge is 0.325 e. The molecule has 0 fully saturated rings. The number of ether oxygens (including phenoxy) is 1. The molecule has 27 heavy (non-hydrogen) atoms. The van der Waals surface area contributed by atoms with Crippen molar-refractivity contribution in [3.63, 3.8) is 0 Å². The number of hydrogen-bond acceptors (Lipinski definition) is 4. The van der Waals surface area contributed by atoms with Crippen molar-refractivity contribution in [1.82, 2.24) is 5.32 Å². The third-order valence-corrected chi connectivity index (χ3v) is 4.35. The predicted octanol–water partition coefficient (Wildman–Crippen LogP) is 3.14. The van der Waals surface area contributed by atoms with E-state index in [2.05, 4.69) is 10.6 Å². The van der Waals surface area contributed by atoms with Crippen LogP contribution in [0.3, 0.4) is 0 Å². The van der Waals surface area contributed by atoms with Crippen LogP contribution in [0.1, 0.15) is 11.1 Å². The summed E-state index contributed by atoms with van der Waals surface area (Å²) in [6.07, 6.45) is 0.152. The molecule has 0 spiro atoms. The lowest BCUT2D eigenvalue weighted by Gasteiger charge is -2.11. The molecule has 142 valence electrons. The second-order valence-corrected chi connectivity index (χ2v) is 6.49. The summed E-state index contributed by atoms with van der Waals surface area (Å²) in [7, 11) is 0. The summed E-state index contributed by atoms with van der Waals surface area (Å²) in [4.78, 5) is 35.4. The second-order valence-electron chi connectivity index (χ2n) is 5.70. The highest BCUT2D eigenvalue weighted by Crippen LogP contribution is 2.32. The van der Waals surface area contributed by atoms with E-state index in [1.54, 1.807) is 19.1 Å². The minimum atomic E-state index is -0.729. The molecule has 0 saturated carbocycles. The molecule has 2 N–H and O–H groups in total. The number of carbonyl (C=O) groups excluding carboxylic acids is 3. The van der Waals surface area contributed by atoms with Crippen LogP contribution in [0.25, 0.3) is 0 Å². The summed E-state index contributed by atoms with van der Waals surface area (Å²) in [6.45, 7) is 0.922. The Hall–Kier alpha value is -2.57. The van der Waals surface area contributed by atoms with E-state index in [9.17, 15) is 14.4 Å². The molecule has 6 nitrogen and oxygen atoms in total. The first-order chi connectivity index (χ1) is 12.9. The van der Waals surface area contributed by atoms with Gasteiger partial charge in [0.05, 0.1) is 22.2 Å². The van der Waals surface area contributed by atoms with Gasteiger partial charge in [0.25, 0.3) is 5.91 Å². The van der Waals surface area contributed by atoms with Crippen LogP contribution in [0.5, 0.6) is 0 Å². The van der Waals surface area contributed by atoms with E-state index in [4.69, 9.17) is 27.9 Å². The van der Waals surface area contributed by atoms with Crippen molar-refractivity contribution in [1.29, 1.82) is 0 Å². The topological polar surface area (TPSA) is 84.5 Å². The summed E-state index contributed by atoms with van der Waals surface area (Å²) in [5.74, 6) is -1.64. The number of esters is 1. The number of hydrogen-bond donors (Lipinski definition) is 2. The van der Waals surface area contributed by atoms with Gasteiger partial charge in [0, 0.05) is 0 Å². The van der Waals surface area contributed by atoms with Gasteiger partial charge >= 0.3 is 5.97 Å². The Morgan fingerprint density at radius 1 is 1.00 bits per heavy atom. The number of halogens is 2. The minimum absolute atomic E-state index is 0.152. The molecule has 2 aromatic carbocycles. The molecule has 2 amide bonds. The molecule has 0 aliphatic rings. The molecule has 0 aliphatic carbocycles. The van der Waals surface area contributed by atoms with Crippen LogP contribution < -0.4 is 10.6 Å². The van der Waals surface area contributed by atoms with Crippen LogP contribution in [0, 0.1) is 6.92 Å². The predicted molar refractivity (Wildman–Crippen MR) is 104 cm³/mol. The number of benzene rings is 2. The third kappa shape index (κ3) is 6.58. The summed E-state index contributed by atoms with van der Waals surface area (Å²) in [6, 6.07) is 12.4. The molecular weight excluding hydrogens is 391 g/mol. The second kappa shape index (κ2) is 9.94. The van der Waals surface area contributed by atoms with Gasteiger partial charge in [0.2, 0.25) is 5.91 Å². The molecule has 0 saturated heterocycles. The average molecular weight is 409 g/mol. The highest BCUT2D eigenvalue weighted by Gasteiger charge is 2.14. The monoisotopic (exact) mass is 408 g/mol. The van der Waals surface area contributed by atoms with Crippen LogP contribution in [-0.4, -0.2) is 30.9 Å². The van der Waals surface area contributed by atoms with E-state index in [0.29, 0.717) is 5.02 Å². The lowest BCUT2D eigenvalue weighted by molar-refractivity contribution is -0.147. The number of carbonyl (C=O) groups is 3. The first-order valence-corrected chi connectivity index (χ1v) is 8.83. The molecule has 0 bridgehead atoms. The maximum atomic E-state index is 11.9. The molecule has 0 aromatic heterocycles. The SMILES string of the molecule is Cc1ccc(Cl)c(NC(=O)COC(=O)CNC(=O)Cc2ccccc2)c1Cl. The number of nitrogens with one attached hydrogen (secondary N) is 2. The fourth-order valence-electron chi connectivity index (χ4n) is 2.16. The molecule has 0 heterocycles. The molecule has 2 aromatic rings. The lowest BCUT2D eigenvalue weighted by atomic mass is 10.1. The zero-order valence-electron chi connectivity index (χ0n) is 14.6. The Bertz CT molecular complexity index is 841. The van der Waals surface area contributed by atoms with Crippen LogP contribution in [-0.2, 0) is 25.5 Å². The molecule has 0 atom stereocenters. The van der Waals surface area contributed by atoms with E-state index < -0.39 is 18.5 Å². The van der Waals surface area contributed by atoms with E-state index in [-0.39, 0.29) is 29.6 Å². The standard InChI is InChI=1S/C19H18Cl2N2O4/c1-12-7-8-14(20)19(18(12)21)23-16(25)11-27-17(26)10-22-15(24)9-13-5-3-2-4-6-13/h2-8H,9-11H2,1H3,(H,22,24)(H,23,25). The van der Waals surface area contributed by atoms with Crippen molar-refractivity contribution in [3.05, 3.63) is 63.6 Å². The third-order valence-electron chi connectivity index (χ3n) is 3.55. The Morgan fingerprint density at radius 3 is 2.41 bits per heavy atom. The lowest BCUT2D eigenvalue weighted by Crippen LogP contribution is -2.33. The van der Waals surface area contributed by atoms with Gasteiger partial charge in [-0.1, -0.05) is 59.6 Å². The van der Waals surface area contributed by atoms with Crippen LogP contribution in [0.15, 0.2) is 42.5 Å². The van der Waals surface area contributed by atoms with Crippen LogP contribution in [0.2, 0.25) is 10.0 Å². The highest BCUT2D eigenvalue weighted by molar-refractivity contribution is 6.40. The van der Waals surface area contributed by atoms with Gasteiger partial charge in [-0.25, -0.2) is 0 Å². The maximum absolute atomic E-state index is 11.9. The molecule has 0 aliphatic heterocycles. The van der Waals surface area contributed by atoms with Gasteiger partial charge < -0.3 is 15.4 Å². The number of aryl methyl sites for hydroxylation is 1. The quantitative estimate of drug-likeness (QED) is 0.689. The van der Waals surface area contributed by atoms with Gasteiger partial charge in [0.1, 0.15) is 6.54 Å². The average Bonchev–Trinajstić information content (AvgIpc) is 2.66. The van der Waals surface area contributed by atoms with Crippen molar-refractivity contribution in [2.24, 2.45) is 0 Å². The Kier molecular flexibility index (Phi) is 7.64. The zero-order valence-corrected chi connectivity index (χ0v) is 16.1. The number of amides is 2. The van der Waals surface area contributed by atoms with Gasteiger partial charge in [0.15, 0.2) is 6.61 Å². The molecular formula is C19H18Cl2N2O4. The zero-order chi connectivity index (χ0) is 19.8. The molecule has 0 unspecified atom stereocenters. The largest absolute Gasteiger partial charge is 0.454 e. The van der Waals surface area contributed by atoms with Crippen molar-refractivity contribution < 1.29 is 19.1 Å². The molecule has 2 rings (SSSR count). The first-order valence-electron chi connectivity index (χ1n) is 8.07. The summed E-state index contributed by atoms with van der Waals surface area (Å²) in [5, 5.41) is 5.54. The van der Waals surface area contributed by atoms with Gasteiger partial charge in [-0.15, -0.1) is 0 Å². The van der Waals surface area contributed by atoms with Crippen LogP contribution >= 0.6 is 23.2 Å². The van der Waals surface area contributed by atoms with Crippen molar-refractivity contribution in [2.75, 3.05) is 18.5 Å². The molecule has 8 heteroatoms. The first kappa shape index (κ1) is 20.7. The van der Waals surface area contributed by atoms with E-state index >= 15 is 0 Å². The van der Waals surface area contributed by atoms with Crippen molar-refractivity contribution in [3.8, 4) is 0 Å². The fraction of sp³-hybridized carbons (Fsp3) is 0.211. The molecule has 0 radical (unpaired) electrons. The van der Waals surface area contributed by atoms with Crippen molar-refractivity contribution >= 4 is 46.7 Å². The van der Waals surface area contributed by atoms with E-state index in [1.807, 2.05) is 30.3 Å². The Balaban J connectivity index is 1.74. The van der Waals surface area contributed by atoms with Gasteiger partial charge in [-0.3, -0.25) is 14.4 Å². The Labute approximate surface area is 166 Å². The minimum Gasteiger partial charge on any atom is -0.454 e. The maximum Gasteiger partial charge on any atom is 0.325 e. The summed E-state index contributed by atoms with van der Waals surface area (Å²) in [5.41, 5.74) is 1.83. The Morgan fingerprint density at radius 2 is 1.70 bits per heavy atom. The number of anilines is 1. The van der Waals surface area contributed by atoms with Crippen molar-refractivity contribution in [2.45, 2.75) is 13.3 Å². The van der Waals surface area contributed by atoms with E-state index in [0.717, 1.165) is 11.1 Å². The van der Waals surface area contributed by atoms with Crippen LogP contribution in [0.4, 0.5) is 5.69 Å². The highest BCUT2D eigenvalue weighted by atomic mass is 35.5. The summed E-state index contributed by atoms with van der Waals surface area (Å²) >= 11 is 12.1. The van der Waals surface area contributed by atoms with E-state index in [1.165, 1.54) is 0 Å².